The molecule has 0 amide bonds. The van der Waals surface area contributed by atoms with Gasteiger partial charge in [0.1, 0.15) is 0 Å². The first-order valence-electron chi connectivity index (χ1n) is 1.80. The molecule has 0 aromatic carbocycles. The van der Waals surface area contributed by atoms with E-state index in [1.165, 1.54) is 7.11 Å². The Morgan fingerprint density at radius 2 is 2.29 bits per heavy atom. The van der Waals surface area contributed by atoms with Crippen LogP contribution in [0.4, 0.5) is 4.79 Å². The van der Waals surface area contributed by atoms with Crippen LogP contribution >= 0.6 is 10.9 Å². The summed E-state index contributed by atoms with van der Waals surface area (Å²) in [5.74, 6) is 0. The van der Waals surface area contributed by atoms with Gasteiger partial charge in [-0.1, -0.05) is 0 Å². The molecule has 43 valence electrons. The molecular weight excluding hydrogens is 112 g/mol. The van der Waals surface area contributed by atoms with Crippen molar-refractivity contribution < 1.29 is 9.53 Å². The molecule has 0 aliphatic rings. The van der Waals surface area contributed by atoms with E-state index in [-0.39, 0.29) is 5.30 Å². The number of methoxy groups -OCH3 is 1. The van der Waals surface area contributed by atoms with Crippen molar-refractivity contribution in [3.8, 4) is 0 Å². The van der Waals surface area contributed by atoms with Crippen molar-refractivity contribution in [1.82, 2.24) is 0 Å². The van der Waals surface area contributed by atoms with Crippen LogP contribution in [0.25, 0.3) is 0 Å². The maximum absolute atomic E-state index is 10.3. The van der Waals surface area contributed by atoms with Gasteiger partial charge in [-0.3, -0.25) is 0 Å². The van der Waals surface area contributed by atoms with E-state index in [4.69, 9.17) is 0 Å². The van der Waals surface area contributed by atoms with E-state index in [9.17, 15) is 4.79 Å². The van der Waals surface area contributed by atoms with Crippen LogP contribution < -0.4 is 0 Å². The topological polar surface area (TPSA) is 26.3 Å². The molecule has 0 aromatic rings. The summed E-state index contributed by atoms with van der Waals surface area (Å²) in [5, 5.41) is -0.199. The third-order valence-electron chi connectivity index (χ3n) is 0.486. The second kappa shape index (κ2) is 2.91. The third-order valence-corrected chi connectivity index (χ3v) is 1.29. The lowest BCUT2D eigenvalue weighted by molar-refractivity contribution is 0.200. The number of rotatable bonds is 0. The zero-order valence-electron chi connectivity index (χ0n) is 4.47. The van der Waals surface area contributed by atoms with Crippen molar-refractivity contribution in [2.45, 2.75) is 0 Å². The number of ether oxygens (including phenoxy) is 1. The van der Waals surface area contributed by atoms with Gasteiger partial charge >= 0.3 is 5.30 Å². The summed E-state index contributed by atoms with van der Waals surface area (Å²) in [6.45, 7) is 0. The molecule has 0 rings (SSSR count). The van der Waals surface area contributed by atoms with Crippen LogP contribution in [0.2, 0.25) is 0 Å². The number of carbonyl (C=O) groups is 1. The maximum atomic E-state index is 10.3. The average Bonchev–Trinajstić information content (AvgIpc) is 1.65. The number of hydrogen-bond acceptors (Lipinski definition) is 2. The molecule has 0 fully saturated rings. The predicted molar refractivity (Wildman–Crippen MR) is 32.7 cm³/mol. The van der Waals surface area contributed by atoms with Gasteiger partial charge in [0, 0.05) is 0 Å². The molecular formula is C4H9O2S. The molecule has 0 saturated carbocycles. The summed E-state index contributed by atoms with van der Waals surface area (Å²) < 4.78 is 4.34. The molecule has 0 bridgehead atoms. The van der Waals surface area contributed by atoms with E-state index < -0.39 is 10.9 Å². The van der Waals surface area contributed by atoms with Gasteiger partial charge in [0.25, 0.3) is 0 Å². The summed E-state index contributed by atoms with van der Waals surface area (Å²) in [5.41, 5.74) is 0. The van der Waals surface area contributed by atoms with Crippen LogP contribution in [-0.2, 0) is 4.74 Å². The lowest BCUT2D eigenvalue weighted by Gasteiger charge is -2.02. The second-order valence-electron chi connectivity index (χ2n) is 1.17. The summed E-state index contributed by atoms with van der Waals surface area (Å²) in [6, 6.07) is 0. The highest BCUT2D eigenvalue weighted by Crippen LogP contribution is 2.17. The van der Waals surface area contributed by atoms with Crippen molar-refractivity contribution in [3.63, 3.8) is 0 Å². The Kier molecular flexibility index (Phi) is 2.83. The van der Waals surface area contributed by atoms with Crippen molar-refractivity contribution >= 4 is 16.2 Å². The Morgan fingerprint density at radius 3 is 2.29 bits per heavy atom. The van der Waals surface area contributed by atoms with E-state index in [0.29, 0.717) is 0 Å². The minimum atomic E-state index is -0.773. The zero-order valence-corrected chi connectivity index (χ0v) is 5.37. The van der Waals surface area contributed by atoms with Gasteiger partial charge in [0.2, 0.25) is 0 Å². The average molecular weight is 121 g/mol. The summed E-state index contributed by atoms with van der Waals surface area (Å²) >= 11 is 0. The van der Waals surface area contributed by atoms with Gasteiger partial charge in [0.05, 0.1) is 7.11 Å². The molecule has 1 atom stereocenters. The molecule has 0 heterocycles. The molecule has 3 heteroatoms. The molecule has 1 unspecified atom stereocenters. The zero-order chi connectivity index (χ0) is 5.86. The fourth-order valence-corrected chi connectivity index (χ4v) is 0.468. The van der Waals surface area contributed by atoms with Crippen molar-refractivity contribution in [2.24, 2.45) is 0 Å². The minimum Gasteiger partial charge on any atom is -0.462 e. The predicted octanol–water partition coefficient (Wildman–Crippen LogP) is 1.18. The Hall–Kier alpha value is -0.180. The first kappa shape index (κ1) is 6.82. The van der Waals surface area contributed by atoms with Crippen LogP contribution in [0, 0.1) is 6.26 Å². The fourth-order valence-electron chi connectivity index (χ4n) is 0.156. The van der Waals surface area contributed by atoms with Crippen LogP contribution in [0.5, 0.6) is 0 Å². The van der Waals surface area contributed by atoms with Gasteiger partial charge in [-0.15, -0.1) is 0 Å². The van der Waals surface area contributed by atoms with E-state index in [1.807, 2.05) is 0 Å². The summed E-state index contributed by atoms with van der Waals surface area (Å²) in [7, 11) is 0.595. The van der Waals surface area contributed by atoms with Gasteiger partial charge < -0.3 is 4.74 Å². The van der Waals surface area contributed by atoms with Crippen LogP contribution in [0.1, 0.15) is 0 Å². The minimum absolute atomic E-state index is 0.199. The Morgan fingerprint density at radius 1 is 1.86 bits per heavy atom. The van der Waals surface area contributed by atoms with Crippen molar-refractivity contribution in [2.75, 3.05) is 13.4 Å². The largest absolute Gasteiger partial charge is 0.462 e. The first-order chi connectivity index (χ1) is 3.18. The quantitative estimate of drug-likeness (QED) is 0.384. The number of hydrogen-bond donors (Lipinski definition) is 1. The monoisotopic (exact) mass is 121 g/mol. The molecule has 7 heavy (non-hydrogen) atoms. The second-order valence-corrected chi connectivity index (χ2v) is 2.93. The van der Waals surface area contributed by atoms with Crippen LogP contribution in [0.3, 0.4) is 0 Å². The van der Waals surface area contributed by atoms with Crippen molar-refractivity contribution in [3.05, 3.63) is 6.26 Å². The van der Waals surface area contributed by atoms with Crippen LogP contribution in [-0.4, -0.2) is 18.7 Å². The van der Waals surface area contributed by atoms with E-state index in [0.717, 1.165) is 0 Å². The smallest absolute Gasteiger partial charge is 0.346 e. The first-order valence-corrected chi connectivity index (χ1v) is 3.78. The summed E-state index contributed by atoms with van der Waals surface area (Å²) in [6.07, 6.45) is 5.25. The highest BCUT2D eigenvalue weighted by molar-refractivity contribution is 8.29. The normalized spacial score (nSPS) is 10.4. The molecule has 0 aliphatic carbocycles. The molecule has 0 saturated heterocycles. The molecule has 1 radical (unpaired) electrons. The van der Waals surface area contributed by atoms with E-state index in [1.54, 1.807) is 6.26 Å². The van der Waals surface area contributed by atoms with Gasteiger partial charge in [0.15, 0.2) is 0 Å². The van der Waals surface area contributed by atoms with Gasteiger partial charge in [-0.25, -0.2) is 4.79 Å². The fraction of sp³-hybridized carbons (Fsp3) is 0.500. The lowest BCUT2D eigenvalue weighted by Crippen LogP contribution is -1.93. The van der Waals surface area contributed by atoms with Gasteiger partial charge in [-0.05, 0) is 12.5 Å². The highest BCUT2D eigenvalue weighted by atomic mass is 32.2. The molecule has 0 aromatic heterocycles. The summed E-state index contributed by atoms with van der Waals surface area (Å²) in [4.78, 5) is 10.3. The Bertz CT molecular complexity index is 70.1. The maximum Gasteiger partial charge on any atom is 0.346 e. The Labute approximate surface area is 46.2 Å². The lowest BCUT2D eigenvalue weighted by atomic mass is 11.5. The third kappa shape index (κ3) is 2.51. The van der Waals surface area contributed by atoms with Gasteiger partial charge in [-0.2, -0.15) is 10.9 Å². The standard InChI is InChI=1S/C4H9O2S/c1-6-4(5)7(2)3/h7H,2H2,1,3H3. The Balaban J connectivity index is 3.35. The number of carbonyl (C=O) groups excluding carboxylic acids is 1. The molecule has 0 spiro atoms. The molecule has 2 nitrogen and oxygen atoms in total. The van der Waals surface area contributed by atoms with Crippen LogP contribution in [0.15, 0.2) is 0 Å². The highest BCUT2D eigenvalue weighted by Gasteiger charge is 1.98. The molecule has 0 aliphatic heterocycles. The van der Waals surface area contributed by atoms with E-state index in [2.05, 4.69) is 11.0 Å². The molecule has 0 N–H and O–H groups in total. The number of thiol groups is 1. The van der Waals surface area contributed by atoms with E-state index >= 15 is 0 Å². The van der Waals surface area contributed by atoms with Crippen molar-refractivity contribution in [1.29, 1.82) is 0 Å². The SMILES string of the molecule is [CH2][SH](C)C(=O)OC.